The third-order valence-electron chi connectivity index (χ3n) is 4.22. The summed E-state index contributed by atoms with van der Waals surface area (Å²) in [6.07, 6.45) is -0.708. The van der Waals surface area contributed by atoms with Crippen LogP contribution in [0, 0.1) is 5.92 Å². The zero-order valence-corrected chi connectivity index (χ0v) is 19.2. The molecule has 0 saturated heterocycles. The van der Waals surface area contributed by atoms with Crippen molar-refractivity contribution in [1.29, 1.82) is 0 Å². The minimum absolute atomic E-state index is 0.00358. The molecule has 0 aromatic carbocycles. The fraction of sp³-hybridized carbons (Fsp3) is 0.588. The summed E-state index contributed by atoms with van der Waals surface area (Å²) >= 11 is 0. The van der Waals surface area contributed by atoms with Crippen LogP contribution in [0.4, 0.5) is 0 Å². The molecule has 33 heavy (non-hydrogen) atoms. The van der Waals surface area contributed by atoms with Crippen LogP contribution in [0.25, 0.3) is 0 Å². The molecule has 0 aliphatic rings. The van der Waals surface area contributed by atoms with Gasteiger partial charge in [-0.15, -0.1) is 0 Å². The number of nitrogens with one attached hydrogen (secondary N) is 3. The van der Waals surface area contributed by atoms with Gasteiger partial charge in [0, 0.05) is 6.54 Å². The number of carboxylic acids is 1. The third kappa shape index (κ3) is 12.0. The van der Waals surface area contributed by atoms with Crippen LogP contribution in [0.3, 0.4) is 0 Å². The van der Waals surface area contributed by atoms with Gasteiger partial charge in [0.15, 0.2) is 5.96 Å². The van der Waals surface area contributed by atoms with Gasteiger partial charge < -0.3 is 48.0 Å². The van der Waals surface area contributed by atoms with Gasteiger partial charge in [-0.1, -0.05) is 20.4 Å². The Labute approximate surface area is 190 Å². The van der Waals surface area contributed by atoms with Crippen molar-refractivity contribution in [2.24, 2.45) is 28.1 Å². The molecule has 15 nitrogen and oxygen atoms in total. The molecule has 0 aromatic heterocycles. The van der Waals surface area contributed by atoms with Crippen molar-refractivity contribution in [2.45, 2.75) is 44.8 Å². The molecule has 0 aromatic rings. The molecule has 0 bridgehead atoms. The third-order valence-corrected chi connectivity index (χ3v) is 4.79. The van der Waals surface area contributed by atoms with Crippen molar-refractivity contribution in [3.05, 3.63) is 12.2 Å². The standard InChI is InChI=1S/C17H32N7O8P/c1-8(2)12(24-14(26)11(18)9(3)16(28)29)15(27)23-10(5-4-6-21-17(19)20)13(25)22-7-33(30,31)32/h8,10-12H,3-7,18H2,1-2H3,(H,22,25)(H,23,27)(H,24,26)(H,28,29)(H4,19,20,21)(H2,30,31,32)/t10-,11?,12?/m1/s1. The van der Waals surface area contributed by atoms with Crippen LogP contribution < -0.4 is 33.2 Å². The summed E-state index contributed by atoms with van der Waals surface area (Å²) in [5.41, 5.74) is 15.4. The van der Waals surface area contributed by atoms with Gasteiger partial charge in [0.1, 0.15) is 24.4 Å². The fourth-order valence-electron chi connectivity index (χ4n) is 2.41. The number of hydrogen-bond acceptors (Lipinski definition) is 7. The van der Waals surface area contributed by atoms with E-state index in [1.807, 2.05) is 5.32 Å². The second-order valence-corrected chi connectivity index (χ2v) is 9.06. The van der Waals surface area contributed by atoms with Crippen molar-refractivity contribution in [3.8, 4) is 0 Å². The SMILES string of the molecule is C=C(C(=O)O)C(N)C(=O)NC(C(=O)N[C@H](CCCN=C(N)N)C(=O)NCP(=O)(O)O)C(C)C. The average Bonchev–Trinajstić information content (AvgIpc) is 2.69. The number of hydrogen-bond donors (Lipinski definition) is 9. The van der Waals surface area contributed by atoms with E-state index < -0.39 is 67.2 Å². The molecule has 3 atom stereocenters. The van der Waals surface area contributed by atoms with E-state index >= 15 is 0 Å². The molecule has 16 heteroatoms. The monoisotopic (exact) mass is 493 g/mol. The second kappa shape index (κ2) is 13.5. The molecule has 0 aliphatic heterocycles. The molecule has 0 saturated carbocycles. The van der Waals surface area contributed by atoms with Gasteiger partial charge in [-0.2, -0.15) is 0 Å². The minimum Gasteiger partial charge on any atom is -0.478 e. The number of carboxylic acid groups (broad SMARTS) is 1. The van der Waals surface area contributed by atoms with Crippen LogP contribution in [-0.2, 0) is 23.7 Å². The molecule has 0 aliphatic carbocycles. The largest absolute Gasteiger partial charge is 0.478 e. The number of carbonyl (C=O) groups is 4. The predicted octanol–water partition coefficient (Wildman–Crippen LogP) is -3.11. The highest BCUT2D eigenvalue weighted by Gasteiger charge is 2.31. The Hall–Kier alpha value is -3.00. The number of aliphatic imine (C=N–C) groups is 1. The van der Waals surface area contributed by atoms with Crippen LogP contribution in [-0.4, -0.2) is 75.5 Å². The molecule has 0 heterocycles. The number of nitrogens with two attached hydrogens (primary N) is 3. The zero-order chi connectivity index (χ0) is 25.9. The lowest BCUT2D eigenvalue weighted by molar-refractivity contribution is -0.135. The van der Waals surface area contributed by atoms with E-state index in [0.717, 1.165) is 0 Å². The van der Waals surface area contributed by atoms with Crippen LogP contribution >= 0.6 is 7.60 Å². The maximum Gasteiger partial charge on any atom is 0.344 e. The van der Waals surface area contributed by atoms with Crippen LogP contribution in [0.2, 0.25) is 0 Å². The molecular formula is C17H32N7O8P. The van der Waals surface area contributed by atoms with E-state index in [1.165, 1.54) is 0 Å². The molecule has 188 valence electrons. The summed E-state index contributed by atoms with van der Waals surface area (Å²) in [6.45, 7) is 6.50. The highest BCUT2D eigenvalue weighted by atomic mass is 31.2. The smallest absolute Gasteiger partial charge is 0.344 e. The van der Waals surface area contributed by atoms with E-state index in [-0.39, 0.29) is 25.3 Å². The van der Waals surface area contributed by atoms with Gasteiger partial charge in [0.25, 0.3) is 0 Å². The Balaban J connectivity index is 5.44. The van der Waals surface area contributed by atoms with E-state index in [4.69, 9.17) is 32.1 Å². The molecule has 0 spiro atoms. The first-order valence-corrected chi connectivity index (χ1v) is 11.5. The van der Waals surface area contributed by atoms with Crippen molar-refractivity contribution in [1.82, 2.24) is 16.0 Å². The lowest BCUT2D eigenvalue weighted by atomic mass is 10.0. The summed E-state index contributed by atoms with van der Waals surface area (Å²) in [5.74, 6) is -4.80. The first-order valence-electron chi connectivity index (χ1n) is 9.72. The molecule has 12 N–H and O–H groups in total. The van der Waals surface area contributed by atoms with Crippen LogP contribution in [0.5, 0.6) is 0 Å². The first-order chi connectivity index (χ1) is 15.1. The first kappa shape index (κ1) is 30.0. The number of aliphatic carboxylic acids is 1. The van der Waals surface area contributed by atoms with Gasteiger partial charge in [-0.05, 0) is 18.8 Å². The second-order valence-electron chi connectivity index (χ2n) is 7.41. The number of amides is 3. The van der Waals surface area contributed by atoms with E-state index in [9.17, 15) is 23.7 Å². The number of rotatable bonds is 14. The molecule has 2 unspecified atom stereocenters. The van der Waals surface area contributed by atoms with Crippen molar-refractivity contribution in [2.75, 3.05) is 12.8 Å². The topological polar surface area (TPSA) is 273 Å². The number of guanidine groups is 1. The Morgan fingerprint density at radius 1 is 1.06 bits per heavy atom. The maximum atomic E-state index is 12.8. The minimum atomic E-state index is -4.55. The van der Waals surface area contributed by atoms with Crippen LogP contribution in [0.1, 0.15) is 26.7 Å². The molecule has 0 rings (SSSR count). The summed E-state index contributed by atoms with van der Waals surface area (Å²) in [5, 5.41) is 15.7. The summed E-state index contributed by atoms with van der Waals surface area (Å²) < 4.78 is 11.0. The lowest BCUT2D eigenvalue weighted by Gasteiger charge is -2.26. The normalized spacial score (nSPS) is 13.9. The Bertz CT molecular complexity index is 822. The molecule has 0 fully saturated rings. The summed E-state index contributed by atoms with van der Waals surface area (Å²) in [4.78, 5) is 70.1. The molecule has 0 radical (unpaired) electrons. The quantitative estimate of drug-likeness (QED) is 0.0384. The maximum absolute atomic E-state index is 12.8. The van der Waals surface area contributed by atoms with Gasteiger partial charge in [-0.25, -0.2) is 4.79 Å². The van der Waals surface area contributed by atoms with Crippen molar-refractivity contribution < 1.29 is 38.6 Å². The highest BCUT2D eigenvalue weighted by molar-refractivity contribution is 7.51. The van der Waals surface area contributed by atoms with Crippen molar-refractivity contribution in [3.63, 3.8) is 0 Å². The van der Waals surface area contributed by atoms with Gasteiger partial charge in [-0.3, -0.25) is 23.9 Å². The lowest BCUT2D eigenvalue weighted by Crippen LogP contribution is -2.57. The Morgan fingerprint density at radius 2 is 1.64 bits per heavy atom. The summed E-state index contributed by atoms with van der Waals surface area (Å²) in [6, 6.07) is -4.06. The van der Waals surface area contributed by atoms with Gasteiger partial charge in [0.05, 0.1) is 5.57 Å². The van der Waals surface area contributed by atoms with E-state index in [2.05, 4.69) is 22.2 Å². The van der Waals surface area contributed by atoms with Gasteiger partial charge >= 0.3 is 13.6 Å². The zero-order valence-electron chi connectivity index (χ0n) is 18.4. The van der Waals surface area contributed by atoms with Gasteiger partial charge in [0.2, 0.25) is 17.7 Å². The number of nitrogens with zero attached hydrogens (tertiary/aromatic N) is 1. The van der Waals surface area contributed by atoms with E-state index in [1.54, 1.807) is 13.8 Å². The highest BCUT2D eigenvalue weighted by Crippen LogP contribution is 2.31. The molecular weight excluding hydrogens is 461 g/mol. The molecule has 3 amide bonds. The summed E-state index contributed by atoms with van der Waals surface area (Å²) in [7, 11) is -4.55. The average molecular weight is 493 g/mol. The van der Waals surface area contributed by atoms with Crippen LogP contribution in [0.15, 0.2) is 17.1 Å². The number of carbonyl (C=O) groups excluding carboxylic acids is 3. The Kier molecular flexibility index (Phi) is 12.3. The van der Waals surface area contributed by atoms with Crippen molar-refractivity contribution >= 4 is 37.2 Å². The Morgan fingerprint density at radius 3 is 2.09 bits per heavy atom. The fourth-order valence-corrected chi connectivity index (χ4v) is 2.77. The predicted molar refractivity (Wildman–Crippen MR) is 118 cm³/mol. The van der Waals surface area contributed by atoms with E-state index in [0.29, 0.717) is 0 Å².